The summed E-state index contributed by atoms with van der Waals surface area (Å²) in [4.78, 5) is 40.9. The van der Waals surface area contributed by atoms with E-state index in [1.807, 2.05) is 0 Å². The zero-order valence-corrected chi connectivity index (χ0v) is 16.6. The Morgan fingerprint density at radius 1 is 1.12 bits per heavy atom. The predicted molar refractivity (Wildman–Crippen MR) is 99.4 cm³/mol. The number of nitrogens with zero attached hydrogens (tertiary/aromatic N) is 2. The summed E-state index contributed by atoms with van der Waals surface area (Å²) in [5.41, 5.74) is -0.566. The molecule has 2 heterocycles. The Morgan fingerprint density at radius 2 is 1.69 bits per heavy atom. The van der Waals surface area contributed by atoms with E-state index in [1.165, 1.54) is 0 Å². The molecule has 0 bridgehead atoms. The number of hydrogen-bond acceptors (Lipinski definition) is 3. The van der Waals surface area contributed by atoms with E-state index in [-0.39, 0.29) is 23.8 Å². The topological polar surface area (TPSA) is 69.7 Å². The second kappa shape index (κ2) is 6.86. The van der Waals surface area contributed by atoms with Gasteiger partial charge in [0.25, 0.3) is 5.91 Å². The Kier molecular flexibility index (Phi) is 5.06. The van der Waals surface area contributed by atoms with E-state index in [2.05, 4.69) is 33.0 Å². The number of rotatable bonds is 2. The van der Waals surface area contributed by atoms with Crippen LogP contribution in [0.5, 0.6) is 0 Å². The van der Waals surface area contributed by atoms with Crippen LogP contribution in [0.25, 0.3) is 0 Å². The van der Waals surface area contributed by atoms with Crippen LogP contribution in [0.1, 0.15) is 66.2 Å². The summed E-state index contributed by atoms with van der Waals surface area (Å²) in [7, 11) is 0. The molecule has 1 aliphatic carbocycles. The molecule has 4 amide bonds. The Bertz CT molecular complexity index is 580. The molecule has 0 aromatic rings. The number of amides is 4. The van der Waals surface area contributed by atoms with Gasteiger partial charge < -0.3 is 10.2 Å². The molecule has 2 saturated heterocycles. The Hall–Kier alpha value is -1.59. The zero-order chi connectivity index (χ0) is 19.1. The molecule has 2 aliphatic heterocycles. The number of likely N-dealkylation sites (tertiary alicyclic amines) is 1. The van der Waals surface area contributed by atoms with Crippen LogP contribution < -0.4 is 5.32 Å². The molecule has 26 heavy (non-hydrogen) atoms. The van der Waals surface area contributed by atoms with Crippen molar-refractivity contribution in [3.8, 4) is 0 Å². The van der Waals surface area contributed by atoms with E-state index in [0.717, 1.165) is 43.7 Å². The number of hydrogen-bond donors (Lipinski definition) is 1. The first-order chi connectivity index (χ1) is 12.1. The van der Waals surface area contributed by atoms with Crippen molar-refractivity contribution in [1.29, 1.82) is 0 Å². The minimum Gasteiger partial charge on any atom is -0.341 e. The molecule has 1 saturated carbocycles. The number of urea groups is 1. The minimum absolute atomic E-state index is 0.110. The van der Waals surface area contributed by atoms with E-state index in [9.17, 15) is 14.4 Å². The maximum atomic E-state index is 13.0. The van der Waals surface area contributed by atoms with Gasteiger partial charge in [0.1, 0.15) is 12.1 Å². The van der Waals surface area contributed by atoms with Crippen molar-refractivity contribution in [1.82, 2.24) is 15.1 Å². The third-order valence-electron chi connectivity index (χ3n) is 6.74. The molecule has 0 unspecified atom stereocenters. The fourth-order valence-corrected chi connectivity index (χ4v) is 4.63. The number of piperidine rings is 1. The molecular weight excluding hydrogens is 330 g/mol. The fourth-order valence-electron chi connectivity index (χ4n) is 4.63. The highest BCUT2D eigenvalue weighted by Crippen LogP contribution is 2.43. The lowest BCUT2D eigenvalue weighted by atomic mass is 9.67. The van der Waals surface area contributed by atoms with Gasteiger partial charge in [-0.1, -0.05) is 27.7 Å². The quantitative estimate of drug-likeness (QED) is 0.767. The SMILES string of the molecule is CC1CCN(C(=O)CN2C(=O)NC3(CCC(C(C)(C)C)CC3)C2=O)CC1. The van der Waals surface area contributed by atoms with Gasteiger partial charge >= 0.3 is 6.03 Å². The van der Waals surface area contributed by atoms with Crippen LogP contribution in [-0.4, -0.2) is 52.8 Å². The Balaban J connectivity index is 1.62. The van der Waals surface area contributed by atoms with Gasteiger partial charge in [-0.25, -0.2) is 4.79 Å². The number of nitrogens with one attached hydrogen (secondary N) is 1. The Morgan fingerprint density at radius 3 is 2.23 bits per heavy atom. The lowest BCUT2D eigenvalue weighted by Crippen LogP contribution is -2.51. The maximum Gasteiger partial charge on any atom is 0.325 e. The average Bonchev–Trinajstić information content (AvgIpc) is 2.79. The first-order valence-corrected chi connectivity index (χ1v) is 10.0. The van der Waals surface area contributed by atoms with E-state index in [1.54, 1.807) is 4.90 Å². The van der Waals surface area contributed by atoms with Gasteiger partial charge in [-0.3, -0.25) is 14.5 Å². The maximum absolute atomic E-state index is 13.0. The molecule has 3 aliphatic rings. The largest absolute Gasteiger partial charge is 0.341 e. The summed E-state index contributed by atoms with van der Waals surface area (Å²) in [5.74, 6) is 0.885. The molecule has 0 aromatic heterocycles. The van der Waals surface area contributed by atoms with E-state index in [0.29, 0.717) is 24.7 Å². The van der Waals surface area contributed by atoms with Gasteiger partial charge in [-0.2, -0.15) is 0 Å². The van der Waals surface area contributed by atoms with E-state index >= 15 is 0 Å². The van der Waals surface area contributed by atoms with Crippen LogP contribution in [0, 0.1) is 17.3 Å². The molecule has 3 fully saturated rings. The smallest absolute Gasteiger partial charge is 0.325 e. The molecule has 0 radical (unpaired) electrons. The zero-order valence-electron chi connectivity index (χ0n) is 16.6. The number of imide groups is 1. The Labute approximate surface area is 156 Å². The van der Waals surface area contributed by atoms with Crippen LogP contribution in [0.3, 0.4) is 0 Å². The van der Waals surface area contributed by atoms with Gasteiger partial charge in [0.2, 0.25) is 5.91 Å². The van der Waals surface area contributed by atoms with Crippen molar-refractivity contribution >= 4 is 17.8 Å². The summed E-state index contributed by atoms with van der Waals surface area (Å²) in [6.45, 7) is 10.2. The highest BCUT2D eigenvalue weighted by atomic mass is 16.2. The molecule has 146 valence electrons. The number of carbonyl (C=O) groups excluding carboxylic acids is 3. The van der Waals surface area contributed by atoms with Crippen LogP contribution in [-0.2, 0) is 9.59 Å². The predicted octanol–water partition coefficient (Wildman–Crippen LogP) is 2.77. The summed E-state index contributed by atoms with van der Waals surface area (Å²) in [6.07, 6.45) is 5.19. The molecule has 6 heteroatoms. The lowest BCUT2D eigenvalue weighted by Gasteiger charge is -2.40. The number of carbonyl (C=O) groups is 3. The van der Waals surface area contributed by atoms with Crippen molar-refractivity contribution in [3.63, 3.8) is 0 Å². The summed E-state index contributed by atoms with van der Waals surface area (Å²) >= 11 is 0. The highest BCUT2D eigenvalue weighted by Gasteiger charge is 2.53. The molecule has 3 rings (SSSR count). The molecule has 1 N–H and O–H groups in total. The summed E-state index contributed by atoms with van der Waals surface area (Å²) in [6, 6.07) is -0.400. The third-order valence-corrected chi connectivity index (χ3v) is 6.74. The molecule has 6 nitrogen and oxygen atoms in total. The molecular formula is C20H33N3O3. The van der Waals surface area contributed by atoms with Crippen LogP contribution in [0.4, 0.5) is 4.79 Å². The van der Waals surface area contributed by atoms with Crippen molar-refractivity contribution < 1.29 is 14.4 Å². The van der Waals surface area contributed by atoms with E-state index < -0.39 is 11.6 Å². The second-order valence-electron chi connectivity index (χ2n) is 9.61. The highest BCUT2D eigenvalue weighted by molar-refractivity contribution is 6.09. The van der Waals surface area contributed by atoms with Crippen molar-refractivity contribution in [2.45, 2.75) is 71.8 Å². The first kappa shape index (κ1) is 19.2. The first-order valence-electron chi connectivity index (χ1n) is 10.0. The monoisotopic (exact) mass is 363 g/mol. The second-order valence-corrected chi connectivity index (χ2v) is 9.61. The van der Waals surface area contributed by atoms with Gasteiger partial charge in [0.15, 0.2) is 0 Å². The van der Waals surface area contributed by atoms with Gasteiger partial charge in [0, 0.05) is 13.1 Å². The van der Waals surface area contributed by atoms with Crippen LogP contribution in [0.2, 0.25) is 0 Å². The van der Waals surface area contributed by atoms with Crippen molar-refractivity contribution in [3.05, 3.63) is 0 Å². The normalized spacial score (nSPS) is 30.8. The average molecular weight is 364 g/mol. The minimum atomic E-state index is -0.782. The lowest BCUT2D eigenvalue weighted by molar-refractivity contribution is -0.140. The van der Waals surface area contributed by atoms with E-state index in [4.69, 9.17) is 0 Å². The fraction of sp³-hybridized carbons (Fsp3) is 0.850. The van der Waals surface area contributed by atoms with Crippen molar-refractivity contribution in [2.24, 2.45) is 17.3 Å². The van der Waals surface area contributed by atoms with Crippen LogP contribution >= 0.6 is 0 Å². The summed E-state index contributed by atoms with van der Waals surface area (Å²) in [5, 5.41) is 2.92. The van der Waals surface area contributed by atoms with Crippen LogP contribution in [0.15, 0.2) is 0 Å². The van der Waals surface area contributed by atoms with Gasteiger partial charge in [0.05, 0.1) is 0 Å². The van der Waals surface area contributed by atoms with Crippen molar-refractivity contribution in [2.75, 3.05) is 19.6 Å². The molecule has 0 atom stereocenters. The van der Waals surface area contributed by atoms with Gasteiger partial charge in [-0.15, -0.1) is 0 Å². The molecule has 1 spiro atoms. The third kappa shape index (κ3) is 3.60. The molecule has 0 aromatic carbocycles. The van der Waals surface area contributed by atoms with Gasteiger partial charge in [-0.05, 0) is 55.8 Å². The standard InChI is InChI=1S/C20H33N3O3/c1-14-7-11-22(12-8-14)16(24)13-23-17(25)20(21-18(23)26)9-5-15(6-10-20)19(2,3)4/h14-15H,5-13H2,1-4H3,(H,21,26). The summed E-state index contributed by atoms with van der Waals surface area (Å²) < 4.78 is 0.